The van der Waals surface area contributed by atoms with Crippen LogP contribution in [-0.4, -0.2) is 16.2 Å². The third-order valence-electron chi connectivity index (χ3n) is 14.1. The third kappa shape index (κ3) is 6.95. The number of para-hydroxylation sites is 2. The molecule has 6 nitrogen and oxygen atoms in total. The Balaban J connectivity index is 1.12. The molecule has 66 heavy (non-hydrogen) atoms. The zero-order valence-electron chi connectivity index (χ0n) is 40.7. The van der Waals surface area contributed by atoms with Gasteiger partial charge in [0.25, 0.3) is 0 Å². The van der Waals surface area contributed by atoms with Crippen molar-refractivity contribution in [3.63, 3.8) is 0 Å². The lowest BCUT2D eigenvalue weighted by Gasteiger charge is -2.56. The summed E-state index contributed by atoms with van der Waals surface area (Å²) >= 11 is 0. The van der Waals surface area contributed by atoms with Gasteiger partial charge in [-0.1, -0.05) is 144 Å². The molecule has 1 fully saturated rings. The summed E-state index contributed by atoms with van der Waals surface area (Å²) < 4.78 is 10.3. The lowest BCUT2D eigenvalue weighted by molar-refractivity contribution is 0.187. The SMILES string of the molecule is CC(C)(C)c1cccc(-c2cccc3c2[N@@+]2(c4cc(C(C)(C)C)cc(C(C)(C)C)c4)[CH-][N@+]3(c3cccc(Oc4cc(C#N)c5c6ccccc6n(-c6cc(C(C)(C)C)ccn6)c5c4)c3)C2)c1. The van der Waals surface area contributed by atoms with Crippen LogP contribution in [0.25, 0.3) is 38.8 Å². The molecule has 0 N–H and O–H groups in total. The fourth-order valence-electron chi connectivity index (χ4n) is 10.3. The largest absolute Gasteiger partial charge is 0.457 e. The summed E-state index contributed by atoms with van der Waals surface area (Å²) in [5, 5.41) is 12.6. The molecule has 2 bridgehead atoms. The first-order valence-corrected chi connectivity index (χ1v) is 23.4. The number of nitriles is 1. The molecule has 0 spiro atoms. The van der Waals surface area contributed by atoms with E-state index in [1.54, 1.807) is 0 Å². The second-order valence-electron chi connectivity index (χ2n) is 22.8. The number of nitrogens with zero attached hydrogens (tertiary/aromatic N) is 5. The van der Waals surface area contributed by atoms with Gasteiger partial charge < -0.3 is 4.74 Å². The van der Waals surface area contributed by atoms with E-state index in [0.29, 0.717) is 26.0 Å². The highest BCUT2D eigenvalue weighted by Crippen LogP contribution is 2.68. The van der Waals surface area contributed by atoms with Gasteiger partial charge in [0.1, 0.15) is 28.7 Å². The molecule has 8 aromatic rings. The van der Waals surface area contributed by atoms with Crippen molar-refractivity contribution in [2.45, 2.75) is 105 Å². The second kappa shape index (κ2) is 14.7. The Labute approximate surface area is 391 Å². The molecule has 2 atom stereocenters. The Morgan fingerprint density at radius 1 is 0.576 bits per heavy atom. The zero-order chi connectivity index (χ0) is 46.8. The molecule has 0 radical (unpaired) electrons. The van der Waals surface area contributed by atoms with Crippen LogP contribution in [0.1, 0.15) is 111 Å². The van der Waals surface area contributed by atoms with Crippen LogP contribution in [0.15, 0.2) is 140 Å². The first kappa shape index (κ1) is 43.4. The molecular weight excluding hydrogens is 807 g/mol. The van der Waals surface area contributed by atoms with E-state index in [0.717, 1.165) is 40.0 Å². The summed E-state index contributed by atoms with van der Waals surface area (Å²) in [7, 11) is 0. The highest BCUT2D eigenvalue weighted by atomic mass is 16.5. The van der Waals surface area contributed by atoms with E-state index in [-0.39, 0.29) is 21.7 Å². The highest BCUT2D eigenvalue weighted by Gasteiger charge is 2.64. The lowest BCUT2D eigenvalue weighted by atomic mass is 9.80. The standard InChI is InChI=1S/C60H62N5O/c1-57(2,3)41-19-15-18-39(28-41)49-23-17-25-53-56(49)65(46-31-43(59(7,8)9)30-44(32-46)60(10,11)12)37-64(53,38-65)45-20-16-21-47(34-45)66-48-29-40(36-61)55-50-22-13-14-24-51(50)63(52(55)35-48)54-33-42(26-27-62-54)58(4,5)6/h13-35,37H,38H2,1-12H3/q+1/t64-,65+/m1/s1. The first-order valence-electron chi connectivity index (χ1n) is 23.4. The molecule has 2 aromatic heterocycles. The minimum atomic E-state index is -0.0630. The van der Waals surface area contributed by atoms with Gasteiger partial charge in [0.2, 0.25) is 0 Å². The van der Waals surface area contributed by atoms with Crippen molar-refractivity contribution in [3.05, 3.63) is 174 Å². The van der Waals surface area contributed by atoms with Gasteiger partial charge in [0.15, 0.2) is 18.0 Å². The molecule has 3 aliphatic heterocycles. The Morgan fingerprint density at radius 3 is 1.91 bits per heavy atom. The molecule has 0 aliphatic carbocycles. The molecular formula is C60H62N5O+. The van der Waals surface area contributed by atoms with Gasteiger partial charge in [-0.2, -0.15) is 5.26 Å². The molecule has 6 heteroatoms. The van der Waals surface area contributed by atoms with Crippen LogP contribution >= 0.6 is 0 Å². The van der Waals surface area contributed by atoms with Crippen molar-refractivity contribution in [1.29, 1.82) is 5.26 Å². The maximum atomic E-state index is 10.7. The second-order valence-corrected chi connectivity index (χ2v) is 22.8. The van der Waals surface area contributed by atoms with E-state index < -0.39 is 0 Å². The van der Waals surface area contributed by atoms with Crippen LogP contribution in [0.3, 0.4) is 0 Å². The van der Waals surface area contributed by atoms with Crippen LogP contribution < -0.4 is 13.7 Å². The zero-order valence-corrected chi connectivity index (χ0v) is 40.7. The molecule has 0 amide bonds. The molecule has 1 saturated heterocycles. The van der Waals surface area contributed by atoms with Crippen molar-refractivity contribution in [2.75, 3.05) is 6.67 Å². The number of benzene rings is 6. The summed E-state index contributed by atoms with van der Waals surface area (Å²) in [6.07, 6.45) is 1.88. The van der Waals surface area contributed by atoms with Crippen LogP contribution in [0.2, 0.25) is 0 Å². The molecule has 332 valence electrons. The minimum absolute atomic E-state index is 0.0124. The fourth-order valence-corrected chi connectivity index (χ4v) is 10.3. The Kier molecular flexibility index (Phi) is 9.69. The lowest BCUT2D eigenvalue weighted by Crippen LogP contribution is -2.67. The summed E-state index contributed by atoms with van der Waals surface area (Å²) in [5.74, 6) is 2.12. The maximum absolute atomic E-state index is 10.7. The van der Waals surface area contributed by atoms with Crippen LogP contribution in [0.4, 0.5) is 22.7 Å². The molecule has 6 aromatic carbocycles. The van der Waals surface area contributed by atoms with E-state index >= 15 is 0 Å². The monoisotopic (exact) mass is 868 g/mol. The van der Waals surface area contributed by atoms with Crippen LogP contribution in [0, 0.1) is 18.0 Å². The number of ether oxygens (including phenoxy) is 1. The Hall–Kier alpha value is -6.52. The van der Waals surface area contributed by atoms with E-state index in [9.17, 15) is 5.26 Å². The van der Waals surface area contributed by atoms with Crippen molar-refractivity contribution < 1.29 is 4.74 Å². The van der Waals surface area contributed by atoms with E-state index in [1.165, 1.54) is 50.4 Å². The molecule has 5 heterocycles. The quantitative estimate of drug-likeness (QED) is 0.124. The number of hydrogen-bond donors (Lipinski definition) is 0. The summed E-state index contributed by atoms with van der Waals surface area (Å²) in [4.78, 5) is 4.88. The average Bonchev–Trinajstić information content (AvgIpc) is 3.87. The van der Waals surface area contributed by atoms with Gasteiger partial charge in [-0.3, -0.25) is 13.5 Å². The van der Waals surface area contributed by atoms with Gasteiger partial charge in [0.05, 0.1) is 29.3 Å². The van der Waals surface area contributed by atoms with Gasteiger partial charge in [-0.05, 0) is 91.9 Å². The van der Waals surface area contributed by atoms with Gasteiger partial charge >= 0.3 is 0 Å². The fraction of sp³-hybridized carbons (Fsp3) is 0.283. The molecule has 0 saturated carbocycles. The van der Waals surface area contributed by atoms with Crippen LogP contribution in [0.5, 0.6) is 11.5 Å². The van der Waals surface area contributed by atoms with Gasteiger partial charge in [-0.25, -0.2) is 4.98 Å². The normalized spacial score (nSPS) is 18.3. The number of fused-ring (bicyclic) bond motifs is 3. The van der Waals surface area contributed by atoms with E-state index in [2.05, 4.69) is 210 Å². The average molecular weight is 869 g/mol. The van der Waals surface area contributed by atoms with Gasteiger partial charge in [0, 0.05) is 52.9 Å². The summed E-state index contributed by atoms with van der Waals surface area (Å²) in [5.41, 5.74) is 15.0. The molecule has 3 aliphatic rings. The summed E-state index contributed by atoms with van der Waals surface area (Å²) in [6, 6.07) is 50.9. The molecule has 0 unspecified atom stereocenters. The van der Waals surface area contributed by atoms with Crippen molar-refractivity contribution in [2.24, 2.45) is 0 Å². The number of aromatic nitrogens is 2. The van der Waals surface area contributed by atoms with E-state index in [4.69, 9.17) is 9.72 Å². The first-order chi connectivity index (χ1) is 31.1. The smallest absolute Gasteiger partial charge is 0.188 e. The highest BCUT2D eigenvalue weighted by molar-refractivity contribution is 6.12. The minimum Gasteiger partial charge on any atom is -0.457 e. The molecule has 11 rings (SSSR count). The predicted molar refractivity (Wildman–Crippen MR) is 275 cm³/mol. The van der Waals surface area contributed by atoms with Gasteiger partial charge in [-0.15, -0.1) is 0 Å². The Bertz CT molecular complexity index is 3260. The number of pyridine rings is 1. The number of hydrogen-bond acceptors (Lipinski definition) is 3. The van der Waals surface area contributed by atoms with Crippen molar-refractivity contribution in [3.8, 4) is 34.5 Å². The third-order valence-corrected chi connectivity index (χ3v) is 14.1. The number of quaternary nitrogens is 2. The Morgan fingerprint density at radius 2 is 1.23 bits per heavy atom. The summed E-state index contributed by atoms with van der Waals surface area (Å²) in [6.45, 7) is 30.8. The predicted octanol–water partition coefficient (Wildman–Crippen LogP) is 16.1. The van der Waals surface area contributed by atoms with E-state index in [1.807, 2.05) is 30.5 Å². The topological polar surface area (TPSA) is 50.8 Å². The van der Waals surface area contributed by atoms with Crippen LogP contribution in [-0.2, 0) is 21.7 Å². The van der Waals surface area contributed by atoms with Crippen molar-refractivity contribution in [1.82, 2.24) is 18.5 Å². The number of rotatable bonds is 6. The van der Waals surface area contributed by atoms with Crippen molar-refractivity contribution >= 4 is 44.6 Å². The maximum Gasteiger partial charge on any atom is 0.188 e.